The Balaban J connectivity index is 1.66. The van der Waals surface area contributed by atoms with Crippen molar-refractivity contribution in [2.45, 2.75) is 32.4 Å². The van der Waals surface area contributed by atoms with E-state index in [4.69, 9.17) is 9.47 Å². The summed E-state index contributed by atoms with van der Waals surface area (Å²) >= 11 is 0. The highest BCUT2D eigenvalue weighted by molar-refractivity contribution is 5.76. The fourth-order valence-electron chi connectivity index (χ4n) is 3.27. The summed E-state index contributed by atoms with van der Waals surface area (Å²) in [5.41, 5.74) is 2.20. The molecule has 0 aliphatic carbocycles. The van der Waals surface area contributed by atoms with E-state index in [0.29, 0.717) is 17.2 Å². The molecule has 0 spiro atoms. The monoisotopic (exact) mass is 421 g/mol. The molecular formula is C24H27N3O4. The standard InChI is InChI=1S/C24H27N3O4/c1-17(9-10-18-7-5-4-6-8-18)25-23(28)16-27-24(29)14-12-20(26-27)19-11-13-21(30-2)22(15-19)31-3/h4-8,11-15,17H,9-10,16H2,1-3H3,(H,25,28)/t17-/m0/s1. The first-order valence-corrected chi connectivity index (χ1v) is 10.1. The topological polar surface area (TPSA) is 82.5 Å². The summed E-state index contributed by atoms with van der Waals surface area (Å²) in [5, 5.41) is 7.30. The predicted octanol–water partition coefficient (Wildman–Crippen LogP) is 3.07. The molecule has 0 saturated carbocycles. The minimum absolute atomic E-state index is 0.0163. The van der Waals surface area contributed by atoms with Crippen molar-refractivity contribution >= 4 is 5.91 Å². The largest absolute Gasteiger partial charge is 0.493 e. The number of methoxy groups -OCH3 is 2. The Labute approximate surface area is 181 Å². The van der Waals surface area contributed by atoms with Crippen molar-refractivity contribution in [1.82, 2.24) is 15.1 Å². The minimum Gasteiger partial charge on any atom is -0.493 e. The number of hydrogen-bond donors (Lipinski definition) is 1. The lowest BCUT2D eigenvalue weighted by Crippen LogP contribution is -2.38. The second kappa shape index (κ2) is 10.4. The molecule has 1 N–H and O–H groups in total. The van der Waals surface area contributed by atoms with E-state index >= 15 is 0 Å². The predicted molar refractivity (Wildman–Crippen MR) is 119 cm³/mol. The van der Waals surface area contributed by atoms with Crippen LogP contribution in [0.1, 0.15) is 18.9 Å². The van der Waals surface area contributed by atoms with Gasteiger partial charge in [0.25, 0.3) is 5.56 Å². The first-order valence-electron chi connectivity index (χ1n) is 10.1. The summed E-state index contributed by atoms with van der Waals surface area (Å²) in [7, 11) is 3.12. The molecule has 7 heteroatoms. The smallest absolute Gasteiger partial charge is 0.267 e. The van der Waals surface area contributed by atoms with Gasteiger partial charge in [0.2, 0.25) is 5.91 Å². The molecule has 0 radical (unpaired) electrons. The molecule has 3 rings (SSSR count). The van der Waals surface area contributed by atoms with Gasteiger partial charge < -0.3 is 14.8 Å². The van der Waals surface area contributed by atoms with E-state index in [2.05, 4.69) is 22.5 Å². The molecule has 3 aromatic rings. The SMILES string of the molecule is COc1ccc(-c2ccc(=O)n(CC(=O)N[C@@H](C)CCc3ccccc3)n2)cc1OC. The van der Waals surface area contributed by atoms with E-state index in [-0.39, 0.29) is 24.1 Å². The summed E-state index contributed by atoms with van der Waals surface area (Å²) in [6.45, 7) is 1.81. The van der Waals surface area contributed by atoms with Crippen LogP contribution in [0.3, 0.4) is 0 Å². The van der Waals surface area contributed by atoms with E-state index in [9.17, 15) is 9.59 Å². The van der Waals surface area contributed by atoms with Crippen LogP contribution in [0.5, 0.6) is 11.5 Å². The van der Waals surface area contributed by atoms with Crippen LogP contribution < -0.4 is 20.3 Å². The molecular weight excluding hydrogens is 394 g/mol. The number of nitrogens with zero attached hydrogens (tertiary/aromatic N) is 2. The van der Waals surface area contributed by atoms with Crippen molar-refractivity contribution < 1.29 is 14.3 Å². The highest BCUT2D eigenvalue weighted by atomic mass is 16.5. The minimum atomic E-state index is -0.337. The number of nitrogens with one attached hydrogen (secondary N) is 1. The molecule has 0 bridgehead atoms. The molecule has 7 nitrogen and oxygen atoms in total. The number of hydrogen-bond acceptors (Lipinski definition) is 5. The van der Waals surface area contributed by atoms with Gasteiger partial charge in [-0.1, -0.05) is 30.3 Å². The average molecular weight is 421 g/mol. The molecule has 0 aliphatic rings. The van der Waals surface area contributed by atoms with Crippen LogP contribution in [0.15, 0.2) is 65.5 Å². The molecule has 1 amide bonds. The van der Waals surface area contributed by atoms with Gasteiger partial charge in [-0.25, -0.2) is 4.68 Å². The second-order valence-electron chi connectivity index (χ2n) is 7.28. The van der Waals surface area contributed by atoms with Crippen LogP contribution in [0.4, 0.5) is 0 Å². The van der Waals surface area contributed by atoms with Crippen LogP contribution in [0, 0.1) is 0 Å². The Morgan fingerprint density at radius 1 is 1.03 bits per heavy atom. The van der Waals surface area contributed by atoms with Crippen molar-refractivity contribution in [3.05, 3.63) is 76.6 Å². The van der Waals surface area contributed by atoms with Crippen LogP contribution in [0.2, 0.25) is 0 Å². The lowest BCUT2D eigenvalue weighted by molar-refractivity contribution is -0.122. The Morgan fingerprint density at radius 2 is 1.77 bits per heavy atom. The molecule has 31 heavy (non-hydrogen) atoms. The zero-order chi connectivity index (χ0) is 22.2. The third kappa shape index (κ3) is 5.94. The van der Waals surface area contributed by atoms with E-state index in [1.807, 2.05) is 31.2 Å². The fourth-order valence-corrected chi connectivity index (χ4v) is 3.27. The highest BCUT2D eigenvalue weighted by Gasteiger charge is 2.12. The molecule has 1 heterocycles. The van der Waals surface area contributed by atoms with Crippen molar-refractivity contribution in [3.8, 4) is 22.8 Å². The fraction of sp³-hybridized carbons (Fsp3) is 0.292. The molecule has 1 atom stereocenters. The number of benzene rings is 2. The molecule has 0 aliphatic heterocycles. The maximum Gasteiger partial charge on any atom is 0.267 e. The number of amides is 1. The van der Waals surface area contributed by atoms with Gasteiger partial charge in [0.15, 0.2) is 11.5 Å². The molecule has 0 saturated heterocycles. The Morgan fingerprint density at radius 3 is 2.48 bits per heavy atom. The normalized spacial score (nSPS) is 11.6. The summed E-state index contributed by atoms with van der Waals surface area (Å²) in [4.78, 5) is 24.7. The highest BCUT2D eigenvalue weighted by Crippen LogP contribution is 2.31. The maximum absolute atomic E-state index is 12.5. The van der Waals surface area contributed by atoms with Crippen molar-refractivity contribution in [2.75, 3.05) is 14.2 Å². The summed E-state index contributed by atoms with van der Waals surface area (Å²) in [6, 6.07) is 18.5. The van der Waals surface area contributed by atoms with E-state index in [1.54, 1.807) is 32.4 Å². The second-order valence-corrected chi connectivity index (χ2v) is 7.28. The lowest BCUT2D eigenvalue weighted by Gasteiger charge is -2.15. The van der Waals surface area contributed by atoms with Crippen LogP contribution in [-0.2, 0) is 17.8 Å². The van der Waals surface area contributed by atoms with Crippen LogP contribution in [0.25, 0.3) is 11.3 Å². The molecule has 0 fully saturated rings. The molecule has 162 valence electrons. The third-order valence-electron chi connectivity index (χ3n) is 4.96. The van der Waals surface area contributed by atoms with Crippen LogP contribution >= 0.6 is 0 Å². The quantitative estimate of drug-likeness (QED) is 0.574. The van der Waals surface area contributed by atoms with E-state index in [1.165, 1.54) is 16.3 Å². The van der Waals surface area contributed by atoms with Gasteiger partial charge in [-0.15, -0.1) is 0 Å². The molecule has 0 unspecified atom stereocenters. The van der Waals surface area contributed by atoms with Crippen LogP contribution in [-0.4, -0.2) is 35.9 Å². The van der Waals surface area contributed by atoms with Gasteiger partial charge in [-0.05, 0) is 49.6 Å². The summed E-state index contributed by atoms with van der Waals surface area (Å²) in [6.07, 6.45) is 1.68. The number of ether oxygens (including phenoxy) is 2. The number of aromatic nitrogens is 2. The first-order chi connectivity index (χ1) is 15.0. The number of carbonyl (C=O) groups excluding carboxylic acids is 1. The van der Waals surface area contributed by atoms with Gasteiger partial charge in [-0.3, -0.25) is 9.59 Å². The summed E-state index contributed by atoms with van der Waals surface area (Å²) < 4.78 is 11.8. The zero-order valence-electron chi connectivity index (χ0n) is 18.0. The van der Waals surface area contributed by atoms with Gasteiger partial charge in [0.1, 0.15) is 6.54 Å². The first kappa shape index (κ1) is 22.1. The van der Waals surface area contributed by atoms with Gasteiger partial charge in [-0.2, -0.15) is 5.10 Å². The molecule has 1 aromatic heterocycles. The van der Waals surface area contributed by atoms with E-state index < -0.39 is 0 Å². The zero-order valence-corrected chi connectivity index (χ0v) is 18.0. The summed E-state index contributed by atoms with van der Waals surface area (Å²) in [5.74, 6) is 0.910. The van der Waals surface area contributed by atoms with Crippen molar-refractivity contribution in [1.29, 1.82) is 0 Å². The Hall–Kier alpha value is -3.61. The maximum atomic E-state index is 12.5. The Bertz CT molecular complexity index is 1080. The number of rotatable bonds is 9. The van der Waals surface area contributed by atoms with E-state index in [0.717, 1.165) is 18.4 Å². The Kier molecular flexibility index (Phi) is 7.43. The van der Waals surface area contributed by atoms with Gasteiger partial charge >= 0.3 is 0 Å². The third-order valence-corrected chi connectivity index (χ3v) is 4.96. The van der Waals surface area contributed by atoms with Gasteiger partial charge in [0, 0.05) is 17.7 Å². The van der Waals surface area contributed by atoms with Gasteiger partial charge in [0.05, 0.1) is 19.9 Å². The van der Waals surface area contributed by atoms with Crippen molar-refractivity contribution in [2.24, 2.45) is 0 Å². The average Bonchev–Trinajstić information content (AvgIpc) is 2.79. The lowest BCUT2D eigenvalue weighted by atomic mass is 10.1. The number of aryl methyl sites for hydroxylation is 1. The number of carbonyl (C=O) groups is 1. The van der Waals surface area contributed by atoms with Crippen molar-refractivity contribution in [3.63, 3.8) is 0 Å². The molecule has 2 aromatic carbocycles.